The number of nitrogens with one attached hydrogen (secondary N) is 1. The molecule has 1 aromatic rings. The fourth-order valence-corrected chi connectivity index (χ4v) is 1.88. The quantitative estimate of drug-likeness (QED) is 0.689. The minimum Gasteiger partial charge on any atom is -0.508 e. The molecule has 1 aromatic carbocycles. The number of hydrogen-bond donors (Lipinski definition) is 2. The Bertz CT molecular complexity index is 279. The van der Waals surface area contributed by atoms with E-state index in [4.69, 9.17) is 0 Å². The molecule has 2 rings (SSSR count). The zero-order valence-electron chi connectivity index (χ0n) is 7.66. The molecule has 2 nitrogen and oxygen atoms in total. The van der Waals surface area contributed by atoms with Gasteiger partial charge in [0.25, 0.3) is 0 Å². The molecule has 0 bridgehead atoms. The van der Waals surface area contributed by atoms with Gasteiger partial charge in [0, 0.05) is 6.04 Å². The molecule has 0 radical (unpaired) electrons. The maximum absolute atomic E-state index is 9.32. The molecule has 1 fully saturated rings. The molecule has 1 heterocycles. The summed E-state index contributed by atoms with van der Waals surface area (Å²) >= 11 is 0. The zero-order valence-corrected chi connectivity index (χ0v) is 7.66. The van der Waals surface area contributed by atoms with E-state index in [9.17, 15) is 5.11 Å². The Morgan fingerprint density at radius 2 is 2.23 bits per heavy atom. The van der Waals surface area contributed by atoms with Crippen LogP contribution in [0.25, 0.3) is 0 Å². The van der Waals surface area contributed by atoms with Gasteiger partial charge in [0.2, 0.25) is 0 Å². The average Bonchev–Trinajstić information content (AvgIpc) is 2.19. The van der Waals surface area contributed by atoms with Crippen molar-refractivity contribution in [3.63, 3.8) is 0 Å². The smallest absolute Gasteiger partial charge is 0.115 e. The predicted molar refractivity (Wildman–Crippen MR) is 52.7 cm³/mol. The van der Waals surface area contributed by atoms with Crippen molar-refractivity contribution in [2.75, 3.05) is 6.54 Å². The Morgan fingerprint density at radius 1 is 1.31 bits per heavy atom. The van der Waals surface area contributed by atoms with Crippen LogP contribution in [0.5, 0.6) is 5.75 Å². The van der Waals surface area contributed by atoms with Gasteiger partial charge in [0.05, 0.1) is 0 Å². The van der Waals surface area contributed by atoms with Crippen molar-refractivity contribution >= 4 is 0 Å². The highest BCUT2D eigenvalue weighted by atomic mass is 16.3. The van der Waals surface area contributed by atoms with Gasteiger partial charge in [-0.1, -0.05) is 18.6 Å². The fraction of sp³-hybridized carbons (Fsp3) is 0.455. The first-order valence-electron chi connectivity index (χ1n) is 4.88. The van der Waals surface area contributed by atoms with Gasteiger partial charge in [-0.25, -0.2) is 0 Å². The van der Waals surface area contributed by atoms with Crippen LogP contribution in [0.15, 0.2) is 24.3 Å². The number of aromatic hydroxyl groups is 1. The van der Waals surface area contributed by atoms with Crippen molar-refractivity contribution in [3.05, 3.63) is 29.8 Å². The predicted octanol–water partition coefficient (Wildman–Crippen LogP) is 2.21. The van der Waals surface area contributed by atoms with E-state index >= 15 is 0 Å². The van der Waals surface area contributed by atoms with E-state index in [0.29, 0.717) is 11.8 Å². The van der Waals surface area contributed by atoms with Gasteiger partial charge in [-0.3, -0.25) is 0 Å². The molecule has 1 aliphatic rings. The van der Waals surface area contributed by atoms with Crippen molar-refractivity contribution in [2.45, 2.75) is 25.3 Å². The highest BCUT2D eigenvalue weighted by molar-refractivity contribution is 5.29. The second-order valence-electron chi connectivity index (χ2n) is 3.60. The second-order valence-corrected chi connectivity index (χ2v) is 3.60. The SMILES string of the molecule is Oc1cccc([C@H]2CCCCN2)c1. The van der Waals surface area contributed by atoms with E-state index in [2.05, 4.69) is 11.4 Å². The number of hydrogen-bond acceptors (Lipinski definition) is 2. The van der Waals surface area contributed by atoms with Crippen molar-refractivity contribution in [1.29, 1.82) is 0 Å². The van der Waals surface area contributed by atoms with Crippen molar-refractivity contribution < 1.29 is 5.11 Å². The molecule has 1 saturated heterocycles. The molecule has 0 spiro atoms. The van der Waals surface area contributed by atoms with E-state index in [1.807, 2.05) is 12.1 Å². The third kappa shape index (κ3) is 2.01. The Hall–Kier alpha value is -1.02. The van der Waals surface area contributed by atoms with Crippen LogP contribution in [0.1, 0.15) is 30.9 Å². The van der Waals surface area contributed by atoms with E-state index in [0.717, 1.165) is 6.54 Å². The highest BCUT2D eigenvalue weighted by Gasteiger charge is 2.14. The van der Waals surface area contributed by atoms with E-state index in [-0.39, 0.29) is 0 Å². The number of benzene rings is 1. The van der Waals surface area contributed by atoms with E-state index in [1.54, 1.807) is 6.07 Å². The summed E-state index contributed by atoms with van der Waals surface area (Å²) in [6.07, 6.45) is 3.74. The summed E-state index contributed by atoms with van der Waals surface area (Å²) in [5.74, 6) is 0.366. The van der Waals surface area contributed by atoms with Crippen molar-refractivity contribution in [3.8, 4) is 5.75 Å². The van der Waals surface area contributed by atoms with Gasteiger partial charge in [0.1, 0.15) is 5.75 Å². The van der Waals surface area contributed by atoms with Crippen LogP contribution in [-0.4, -0.2) is 11.7 Å². The number of phenolic OH excluding ortho intramolecular Hbond substituents is 1. The molecular weight excluding hydrogens is 162 g/mol. The van der Waals surface area contributed by atoms with Crippen molar-refractivity contribution in [1.82, 2.24) is 5.32 Å². The molecule has 70 valence electrons. The van der Waals surface area contributed by atoms with Crippen LogP contribution < -0.4 is 5.32 Å². The van der Waals surface area contributed by atoms with Gasteiger partial charge < -0.3 is 10.4 Å². The van der Waals surface area contributed by atoms with Crippen LogP contribution in [0.3, 0.4) is 0 Å². The molecule has 0 aromatic heterocycles. The van der Waals surface area contributed by atoms with Crippen LogP contribution in [0.4, 0.5) is 0 Å². The van der Waals surface area contributed by atoms with Crippen LogP contribution in [0.2, 0.25) is 0 Å². The molecular formula is C11H15NO. The lowest BCUT2D eigenvalue weighted by Crippen LogP contribution is -2.26. The largest absolute Gasteiger partial charge is 0.508 e. The van der Waals surface area contributed by atoms with Gasteiger partial charge in [-0.2, -0.15) is 0 Å². The summed E-state index contributed by atoms with van der Waals surface area (Å²) in [4.78, 5) is 0. The number of rotatable bonds is 1. The lowest BCUT2D eigenvalue weighted by Gasteiger charge is -2.23. The molecule has 0 saturated carbocycles. The maximum atomic E-state index is 9.32. The summed E-state index contributed by atoms with van der Waals surface area (Å²) in [7, 11) is 0. The van der Waals surface area contributed by atoms with Crippen LogP contribution in [0, 0.1) is 0 Å². The summed E-state index contributed by atoms with van der Waals surface area (Å²) in [6, 6.07) is 7.99. The molecule has 2 heteroatoms. The lowest BCUT2D eigenvalue weighted by atomic mass is 9.97. The Labute approximate surface area is 78.6 Å². The summed E-state index contributed by atoms with van der Waals surface area (Å²) < 4.78 is 0. The minimum atomic E-state index is 0.366. The van der Waals surface area contributed by atoms with Gasteiger partial charge in [0.15, 0.2) is 0 Å². The van der Waals surface area contributed by atoms with E-state index in [1.165, 1.54) is 24.8 Å². The Morgan fingerprint density at radius 3 is 2.92 bits per heavy atom. The topological polar surface area (TPSA) is 32.3 Å². The molecule has 0 aliphatic carbocycles. The van der Waals surface area contributed by atoms with Crippen molar-refractivity contribution in [2.24, 2.45) is 0 Å². The molecule has 0 amide bonds. The summed E-state index contributed by atoms with van der Waals surface area (Å²) in [6.45, 7) is 1.10. The van der Waals surface area contributed by atoms with Gasteiger partial charge in [-0.05, 0) is 37.1 Å². The normalized spacial score (nSPS) is 22.9. The fourth-order valence-electron chi connectivity index (χ4n) is 1.88. The Balaban J connectivity index is 2.14. The third-order valence-electron chi connectivity index (χ3n) is 2.58. The molecule has 2 N–H and O–H groups in total. The maximum Gasteiger partial charge on any atom is 0.115 e. The standard InChI is InChI=1S/C11H15NO/c13-10-5-3-4-9(8-10)11-6-1-2-7-12-11/h3-5,8,11-13H,1-2,6-7H2/t11-/m1/s1. The van der Waals surface area contributed by atoms with Gasteiger partial charge >= 0.3 is 0 Å². The highest BCUT2D eigenvalue weighted by Crippen LogP contribution is 2.24. The third-order valence-corrected chi connectivity index (χ3v) is 2.58. The summed E-state index contributed by atoms with van der Waals surface area (Å²) in [5, 5.41) is 12.8. The van der Waals surface area contributed by atoms with Crippen LogP contribution in [-0.2, 0) is 0 Å². The first kappa shape index (κ1) is 8.57. The van der Waals surface area contributed by atoms with Gasteiger partial charge in [-0.15, -0.1) is 0 Å². The molecule has 0 unspecified atom stereocenters. The minimum absolute atomic E-state index is 0.366. The number of phenols is 1. The first-order valence-corrected chi connectivity index (χ1v) is 4.88. The average molecular weight is 177 g/mol. The molecule has 13 heavy (non-hydrogen) atoms. The second kappa shape index (κ2) is 3.79. The lowest BCUT2D eigenvalue weighted by molar-refractivity contribution is 0.409. The summed E-state index contributed by atoms with van der Waals surface area (Å²) in [5.41, 5.74) is 1.21. The molecule has 1 aliphatic heterocycles. The first-order chi connectivity index (χ1) is 6.36. The number of piperidine rings is 1. The monoisotopic (exact) mass is 177 g/mol. The zero-order chi connectivity index (χ0) is 9.10. The van der Waals surface area contributed by atoms with Crippen LogP contribution >= 0.6 is 0 Å². The molecule has 1 atom stereocenters. The van der Waals surface area contributed by atoms with E-state index < -0.39 is 0 Å². The Kier molecular flexibility index (Phi) is 2.50.